The summed E-state index contributed by atoms with van der Waals surface area (Å²) in [6.45, 7) is 0. The van der Waals surface area contributed by atoms with E-state index in [2.05, 4.69) is 81.9 Å². The van der Waals surface area contributed by atoms with Gasteiger partial charge in [-0.05, 0) is 60.2 Å². The molecule has 0 radical (unpaired) electrons. The normalized spacial score (nSPS) is 11.9. The SMILES string of the molecule is N#Cc1cc(C#N)c(-n2c3ccccc3c3ccc4oc5ccccc5c4c32)c(-n2c3ccccc3c3ccc4oc5ccccc5c4c32)c1-c1ccccc1. The minimum Gasteiger partial charge on any atom is -0.456 e. The maximum Gasteiger partial charge on any atom is 0.137 e. The van der Waals surface area contributed by atoms with Gasteiger partial charge in [0.25, 0.3) is 0 Å². The van der Waals surface area contributed by atoms with Crippen LogP contribution in [-0.2, 0) is 0 Å². The Morgan fingerprint density at radius 1 is 0.393 bits per heavy atom. The molecule has 0 spiro atoms. The lowest BCUT2D eigenvalue weighted by atomic mass is 9.93. The number of nitriles is 2. The van der Waals surface area contributed by atoms with Crippen LogP contribution in [0, 0.1) is 22.7 Å². The zero-order valence-electron chi connectivity index (χ0n) is 29.6. The highest BCUT2D eigenvalue weighted by atomic mass is 16.3. The van der Waals surface area contributed by atoms with Crippen LogP contribution in [0.5, 0.6) is 0 Å². The highest BCUT2D eigenvalue weighted by molar-refractivity contribution is 6.27. The average molecular weight is 715 g/mol. The van der Waals surface area contributed by atoms with Crippen molar-refractivity contribution in [2.45, 2.75) is 0 Å². The van der Waals surface area contributed by atoms with Gasteiger partial charge in [-0.1, -0.05) is 103 Å². The Balaban J connectivity index is 1.41. The van der Waals surface area contributed by atoms with Crippen LogP contribution in [-0.4, -0.2) is 9.13 Å². The van der Waals surface area contributed by atoms with E-state index in [1.54, 1.807) is 6.07 Å². The molecule has 0 aliphatic rings. The molecule has 8 aromatic carbocycles. The molecule has 12 aromatic rings. The number of benzene rings is 8. The van der Waals surface area contributed by atoms with Crippen LogP contribution in [0.25, 0.3) is 110 Å². The highest BCUT2D eigenvalue weighted by Gasteiger charge is 2.30. The Morgan fingerprint density at radius 2 is 0.857 bits per heavy atom. The Labute approximate surface area is 318 Å². The van der Waals surface area contributed by atoms with E-state index >= 15 is 0 Å². The van der Waals surface area contributed by atoms with Gasteiger partial charge in [-0.2, -0.15) is 10.5 Å². The van der Waals surface area contributed by atoms with Crippen LogP contribution in [0.3, 0.4) is 0 Å². The van der Waals surface area contributed by atoms with Crippen LogP contribution >= 0.6 is 0 Å². The third kappa shape index (κ3) is 3.92. The maximum atomic E-state index is 11.3. The van der Waals surface area contributed by atoms with Crippen molar-refractivity contribution in [2.24, 2.45) is 0 Å². The summed E-state index contributed by atoms with van der Waals surface area (Å²) in [6.07, 6.45) is 0. The number of furan rings is 2. The quantitative estimate of drug-likeness (QED) is 0.182. The lowest BCUT2D eigenvalue weighted by molar-refractivity contribution is 0.669. The molecule has 0 N–H and O–H groups in total. The number of hydrogen-bond donors (Lipinski definition) is 0. The van der Waals surface area contributed by atoms with Crippen LogP contribution in [0.15, 0.2) is 167 Å². The van der Waals surface area contributed by atoms with Crippen molar-refractivity contribution in [1.82, 2.24) is 9.13 Å². The summed E-state index contributed by atoms with van der Waals surface area (Å²) in [5.41, 5.74) is 10.6. The van der Waals surface area contributed by atoms with Gasteiger partial charge in [0.2, 0.25) is 0 Å². The lowest BCUT2D eigenvalue weighted by Gasteiger charge is -2.23. The minimum absolute atomic E-state index is 0.374. The zero-order chi connectivity index (χ0) is 37.1. The number of nitrogens with zero attached hydrogens (tertiary/aromatic N) is 4. The molecule has 56 heavy (non-hydrogen) atoms. The lowest BCUT2D eigenvalue weighted by Crippen LogP contribution is -2.10. The largest absolute Gasteiger partial charge is 0.456 e. The highest BCUT2D eigenvalue weighted by Crippen LogP contribution is 2.48. The van der Waals surface area contributed by atoms with Gasteiger partial charge in [-0.25, -0.2) is 0 Å². The van der Waals surface area contributed by atoms with Gasteiger partial charge in [0.1, 0.15) is 28.4 Å². The Bertz CT molecular complexity index is 3730. The molecule has 4 heterocycles. The first-order chi connectivity index (χ1) is 27.7. The standard InChI is InChI=1S/C50H26N4O2/c51-27-30-26-31(28-52)47(53-38-18-8-4-14-32(38)34-22-24-42-45(48(34)53)36-16-6-10-20-40(36)55-42)50(44(30)29-12-2-1-3-13-29)54-39-19-9-5-15-33(39)35-23-25-43-46(49(35)54)37-17-7-11-21-41(37)56-43/h1-26H. The molecule has 0 aliphatic carbocycles. The average Bonchev–Trinajstić information content (AvgIpc) is 4.00. The number of rotatable bonds is 3. The second-order valence-electron chi connectivity index (χ2n) is 14.2. The molecule has 0 amide bonds. The van der Waals surface area contributed by atoms with Gasteiger partial charge in [0.15, 0.2) is 0 Å². The van der Waals surface area contributed by atoms with Gasteiger partial charge in [0, 0.05) is 37.9 Å². The predicted octanol–water partition coefficient (Wildman–Crippen LogP) is 13.1. The molecular formula is C50H26N4O2. The predicted molar refractivity (Wildman–Crippen MR) is 225 cm³/mol. The molecule has 0 atom stereocenters. The minimum atomic E-state index is 0.374. The second-order valence-corrected chi connectivity index (χ2v) is 14.2. The number of fused-ring (bicyclic) bond motifs is 14. The summed E-state index contributed by atoms with van der Waals surface area (Å²) in [5, 5.41) is 30.4. The molecular weight excluding hydrogens is 689 g/mol. The fourth-order valence-corrected chi connectivity index (χ4v) is 9.17. The molecule has 6 nitrogen and oxygen atoms in total. The van der Waals surface area contributed by atoms with Gasteiger partial charge < -0.3 is 18.0 Å². The van der Waals surface area contributed by atoms with Crippen molar-refractivity contribution in [2.75, 3.05) is 0 Å². The molecule has 0 unspecified atom stereocenters. The van der Waals surface area contributed by atoms with Gasteiger partial charge >= 0.3 is 0 Å². The van der Waals surface area contributed by atoms with Crippen molar-refractivity contribution in [1.29, 1.82) is 10.5 Å². The van der Waals surface area contributed by atoms with Crippen molar-refractivity contribution >= 4 is 87.5 Å². The van der Waals surface area contributed by atoms with Crippen LogP contribution in [0.4, 0.5) is 0 Å². The van der Waals surface area contributed by atoms with Crippen LogP contribution < -0.4 is 0 Å². The van der Waals surface area contributed by atoms with Crippen molar-refractivity contribution < 1.29 is 8.83 Å². The van der Waals surface area contributed by atoms with Gasteiger partial charge in [0.05, 0.1) is 61.4 Å². The topological polar surface area (TPSA) is 83.7 Å². The van der Waals surface area contributed by atoms with Crippen molar-refractivity contribution in [3.05, 3.63) is 169 Å². The first kappa shape index (κ1) is 30.4. The molecule has 0 aliphatic heterocycles. The Kier molecular flexibility index (Phi) is 6.10. The van der Waals surface area contributed by atoms with E-state index in [9.17, 15) is 10.5 Å². The first-order valence-corrected chi connectivity index (χ1v) is 18.5. The van der Waals surface area contributed by atoms with E-state index in [4.69, 9.17) is 8.83 Å². The monoisotopic (exact) mass is 714 g/mol. The summed E-state index contributed by atoms with van der Waals surface area (Å²) in [5.74, 6) is 0. The first-order valence-electron chi connectivity index (χ1n) is 18.5. The van der Waals surface area contributed by atoms with Crippen LogP contribution in [0.2, 0.25) is 0 Å². The van der Waals surface area contributed by atoms with Gasteiger partial charge in [-0.15, -0.1) is 0 Å². The third-order valence-electron chi connectivity index (χ3n) is 11.4. The summed E-state index contributed by atoms with van der Waals surface area (Å²) in [7, 11) is 0. The summed E-state index contributed by atoms with van der Waals surface area (Å²) in [4.78, 5) is 0. The molecule has 0 saturated heterocycles. The molecule has 0 fully saturated rings. The Morgan fingerprint density at radius 3 is 1.39 bits per heavy atom. The van der Waals surface area contributed by atoms with E-state index < -0.39 is 0 Å². The molecule has 12 rings (SSSR count). The summed E-state index contributed by atoms with van der Waals surface area (Å²) >= 11 is 0. The molecule has 4 aromatic heterocycles. The Hall–Kier alpha value is -8.06. The molecule has 0 saturated carbocycles. The van der Waals surface area contributed by atoms with E-state index in [0.29, 0.717) is 16.8 Å². The fraction of sp³-hybridized carbons (Fsp3) is 0. The number of aromatic nitrogens is 2. The number of para-hydroxylation sites is 4. The van der Waals surface area contributed by atoms with Crippen molar-refractivity contribution in [3.63, 3.8) is 0 Å². The third-order valence-corrected chi connectivity index (χ3v) is 11.4. The van der Waals surface area contributed by atoms with E-state index in [1.807, 2.05) is 91.0 Å². The van der Waals surface area contributed by atoms with E-state index in [1.165, 1.54) is 0 Å². The fourth-order valence-electron chi connectivity index (χ4n) is 9.17. The van der Waals surface area contributed by atoms with E-state index in [0.717, 1.165) is 104 Å². The molecule has 258 valence electrons. The molecule has 0 bridgehead atoms. The van der Waals surface area contributed by atoms with Gasteiger partial charge in [-0.3, -0.25) is 0 Å². The second kappa shape index (κ2) is 11.2. The van der Waals surface area contributed by atoms with E-state index in [-0.39, 0.29) is 0 Å². The zero-order valence-corrected chi connectivity index (χ0v) is 29.6. The smallest absolute Gasteiger partial charge is 0.137 e. The number of hydrogen-bond acceptors (Lipinski definition) is 4. The molecule has 6 heteroatoms. The maximum absolute atomic E-state index is 11.3. The van der Waals surface area contributed by atoms with Crippen LogP contribution in [0.1, 0.15) is 11.1 Å². The summed E-state index contributed by atoms with van der Waals surface area (Å²) < 4.78 is 17.5. The van der Waals surface area contributed by atoms with Crippen molar-refractivity contribution in [3.8, 4) is 34.6 Å². The summed E-state index contributed by atoms with van der Waals surface area (Å²) in [6, 6.07) is 58.2.